The monoisotopic (exact) mass is 345 g/mol. The molecule has 0 aromatic heterocycles. The van der Waals surface area contributed by atoms with Crippen molar-refractivity contribution in [3.8, 4) is 0 Å². The van der Waals surface area contributed by atoms with E-state index in [0.29, 0.717) is 15.2 Å². The molecule has 1 N–H and O–H groups in total. The molecule has 0 fully saturated rings. The van der Waals surface area contributed by atoms with Gasteiger partial charge in [-0.3, -0.25) is 0 Å². The van der Waals surface area contributed by atoms with Crippen molar-refractivity contribution in [3.63, 3.8) is 0 Å². The molecule has 0 radical (unpaired) electrons. The molecule has 0 heterocycles. The Hall–Kier alpha value is -1.13. The van der Waals surface area contributed by atoms with Gasteiger partial charge in [0, 0.05) is 16.8 Å². The van der Waals surface area contributed by atoms with Crippen molar-refractivity contribution in [1.29, 1.82) is 0 Å². The summed E-state index contributed by atoms with van der Waals surface area (Å²) in [5.74, 6) is -0.716. The van der Waals surface area contributed by atoms with Crippen molar-refractivity contribution in [2.45, 2.75) is 13.0 Å². The van der Waals surface area contributed by atoms with Gasteiger partial charge in [0.2, 0.25) is 0 Å². The fraction of sp³-hybridized carbons (Fsp3) is 0.143. The van der Waals surface area contributed by atoms with Crippen LogP contribution in [0.5, 0.6) is 0 Å². The molecular weight excluding hydrogens is 336 g/mol. The Morgan fingerprint density at radius 1 is 1.16 bits per heavy atom. The van der Waals surface area contributed by atoms with Crippen LogP contribution in [0.1, 0.15) is 18.5 Å². The van der Waals surface area contributed by atoms with Crippen LogP contribution in [-0.4, -0.2) is 0 Å². The maximum absolute atomic E-state index is 13.2. The Morgan fingerprint density at radius 3 is 2.53 bits per heavy atom. The molecule has 5 heteroatoms. The van der Waals surface area contributed by atoms with Gasteiger partial charge in [-0.15, -0.1) is 0 Å². The number of hydrogen-bond donors (Lipinski definition) is 1. The molecule has 1 nitrogen and oxygen atoms in total. The molecule has 19 heavy (non-hydrogen) atoms. The minimum absolute atomic E-state index is 0.102. The van der Waals surface area contributed by atoms with Gasteiger partial charge in [0.05, 0.1) is 4.47 Å². The lowest BCUT2D eigenvalue weighted by molar-refractivity contribution is 0.619. The minimum atomic E-state index is -0.400. The molecule has 0 amide bonds. The second-order valence-electron chi connectivity index (χ2n) is 4.20. The molecule has 0 bridgehead atoms. The first-order valence-corrected chi connectivity index (χ1v) is 6.80. The van der Waals surface area contributed by atoms with Crippen molar-refractivity contribution in [1.82, 2.24) is 0 Å². The van der Waals surface area contributed by atoms with Crippen LogP contribution in [-0.2, 0) is 0 Å². The van der Waals surface area contributed by atoms with Crippen LogP contribution in [0, 0.1) is 11.6 Å². The van der Waals surface area contributed by atoms with Gasteiger partial charge in [0.25, 0.3) is 0 Å². The van der Waals surface area contributed by atoms with Crippen LogP contribution in [0.15, 0.2) is 40.9 Å². The van der Waals surface area contributed by atoms with Crippen molar-refractivity contribution in [2.24, 2.45) is 0 Å². The first-order valence-electron chi connectivity index (χ1n) is 5.63. The van der Waals surface area contributed by atoms with Gasteiger partial charge in [-0.05, 0) is 58.7 Å². The normalized spacial score (nSPS) is 12.3. The second-order valence-corrected chi connectivity index (χ2v) is 5.49. The van der Waals surface area contributed by atoms with Gasteiger partial charge < -0.3 is 5.32 Å². The number of rotatable bonds is 3. The molecule has 0 aliphatic heterocycles. The molecule has 0 aliphatic rings. The molecule has 1 atom stereocenters. The van der Waals surface area contributed by atoms with E-state index in [-0.39, 0.29) is 11.9 Å². The summed E-state index contributed by atoms with van der Waals surface area (Å²) < 4.78 is 26.8. The van der Waals surface area contributed by atoms with Gasteiger partial charge in [0.1, 0.15) is 11.6 Å². The molecule has 0 saturated heterocycles. The number of nitrogens with one attached hydrogen (secondary N) is 1. The summed E-state index contributed by atoms with van der Waals surface area (Å²) in [6.45, 7) is 1.90. The van der Waals surface area contributed by atoms with Gasteiger partial charge in [-0.1, -0.05) is 17.7 Å². The van der Waals surface area contributed by atoms with Crippen molar-refractivity contribution in [2.75, 3.05) is 5.32 Å². The second kappa shape index (κ2) is 5.88. The van der Waals surface area contributed by atoms with Gasteiger partial charge in [-0.2, -0.15) is 0 Å². The van der Waals surface area contributed by atoms with Crippen molar-refractivity contribution >= 4 is 33.2 Å². The van der Waals surface area contributed by atoms with Crippen LogP contribution in [0.4, 0.5) is 14.5 Å². The van der Waals surface area contributed by atoms with Crippen molar-refractivity contribution in [3.05, 3.63) is 63.1 Å². The number of hydrogen-bond acceptors (Lipinski definition) is 1. The highest BCUT2D eigenvalue weighted by atomic mass is 79.9. The zero-order valence-electron chi connectivity index (χ0n) is 10.1. The molecule has 1 unspecified atom stereocenters. The third-order valence-electron chi connectivity index (χ3n) is 2.69. The summed E-state index contributed by atoms with van der Waals surface area (Å²) in [6.07, 6.45) is 0. The number of benzene rings is 2. The molecule has 2 aromatic carbocycles. The zero-order chi connectivity index (χ0) is 14.0. The highest BCUT2D eigenvalue weighted by Gasteiger charge is 2.09. The Balaban J connectivity index is 2.20. The van der Waals surface area contributed by atoms with E-state index in [2.05, 4.69) is 21.2 Å². The first kappa shape index (κ1) is 14.3. The first-order chi connectivity index (χ1) is 8.95. The van der Waals surface area contributed by atoms with Gasteiger partial charge in [-0.25, -0.2) is 8.78 Å². The minimum Gasteiger partial charge on any atom is -0.378 e. The van der Waals surface area contributed by atoms with E-state index in [1.807, 2.05) is 6.92 Å². The van der Waals surface area contributed by atoms with E-state index in [9.17, 15) is 8.78 Å². The fourth-order valence-electron chi connectivity index (χ4n) is 1.75. The lowest BCUT2D eigenvalue weighted by atomic mass is 10.1. The van der Waals surface area contributed by atoms with E-state index in [4.69, 9.17) is 11.6 Å². The SMILES string of the molecule is CC(Nc1cc(F)cc(Cl)c1)c1ccc(F)c(Br)c1. The molecular formula is C14H11BrClF2N. The van der Waals surface area contributed by atoms with Gasteiger partial charge in [0.15, 0.2) is 0 Å². The predicted octanol–water partition coefficient (Wildman–Crippen LogP) is 5.55. The van der Waals surface area contributed by atoms with Crippen LogP contribution in [0.3, 0.4) is 0 Å². The van der Waals surface area contributed by atoms with Crippen LogP contribution < -0.4 is 5.32 Å². The Bertz CT molecular complexity index is 584. The van der Waals surface area contributed by atoms with E-state index in [1.54, 1.807) is 18.2 Å². The summed E-state index contributed by atoms with van der Waals surface area (Å²) in [7, 11) is 0. The zero-order valence-corrected chi connectivity index (χ0v) is 12.4. The van der Waals surface area contributed by atoms with Crippen LogP contribution >= 0.6 is 27.5 Å². The summed E-state index contributed by atoms with van der Waals surface area (Å²) in [5, 5.41) is 3.45. The average molecular weight is 347 g/mol. The van der Waals surface area contributed by atoms with Crippen LogP contribution in [0.25, 0.3) is 0 Å². The predicted molar refractivity (Wildman–Crippen MR) is 77.5 cm³/mol. The summed E-state index contributed by atoms with van der Waals surface area (Å²) in [4.78, 5) is 0. The van der Waals surface area contributed by atoms with E-state index >= 15 is 0 Å². The average Bonchev–Trinajstić information content (AvgIpc) is 2.31. The summed E-state index contributed by atoms with van der Waals surface area (Å²) in [6, 6.07) is 8.89. The topological polar surface area (TPSA) is 12.0 Å². The highest BCUT2D eigenvalue weighted by molar-refractivity contribution is 9.10. The molecule has 0 aliphatic carbocycles. The van der Waals surface area contributed by atoms with Gasteiger partial charge >= 0.3 is 0 Å². The molecule has 100 valence electrons. The fourth-order valence-corrected chi connectivity index (χ4v) is 2.37. The summed E-state index contributed by atoms with van der Waals surface area (Å²) >= 11 is 8.93. The smallest absolute Gasteiger partial charge is 0.137 e. The third kappa shape index (κ3) is 3.67. The van der Waals surface area contributed by atoms with E-state index in [1.165, 1.54) is 18.2 Å². The largest absolute Gasteiger partial charge is 0.378 e. The lowest BCUT2D eigenvalue weighted by Gasteiger charge is -2.16. The maximum atomic E-state index is 13.2. The number of anilines is 1. The van der Waals surface area contributed by atoms with Crippen LogP contribution in [0.2, 0.25) is 5.02 Å². The number of halogens is 4. The molecule has 2 aromatic rings. The maximum Gasteiger partial charge on any atom is 0.137 e. The Kier molecular flexibility index (Phi) is 4.42. The highest BCUT2D eigenvalue weighted by Crippen LogP contribution is 2.26. The van der Waals surface area contributed by atoms with E-state index in [0.717, 1.165) is 5.56 Å². The van der Waals surface area contributed by atoms with Crippen molar-refractivity contribution < 1.29 is 8.78 Å². The Morgan fingerprint density at radius 2 is 1.89 bits per heavy atom. The third-order valence-corrected chi connectivity index (χ3v) is 3.52. The standard InChI is InChI=1S/C14H11BrClF2N/c1-8(9-2-3-14(18)13(15)4-9)19-12-6-10(16)5-11(17)7-12/h2-8,19H,1H3. The summed E-state index contributed by atoms with van der Waals surface area (Å²) in [5.41, 5.74) is 1.46. The molecule has 0 saturated carbocycles. The quantitative estimate of drug-likeness (QED) is 0.768. The Labute approximate surface area is 123 Å². The molecule has 2 rings (SSSR count). The lowest BCUT2D eigenvalue weighted by Crippen LogP contribution is -2.07. The molecule has 0 spiro atoms. The van der Waals surface area contributed by atoms with E-state index < -0.39 is 5.82 Å².